The molecular weight excluding hydrogens is 379 g/mol. The van der Waals surface area contributed by atoms with Gasteiger partial charge in [-0.15, -0.1) is 11.3 Å². The summed E-state index contributed by atoms with van der Waals surface area (Å²) in [6.45, 7) is 3.08. The summed E-state index contributed by atoms with van der Waals surface area (Å²) in [6, 6.07) is 3.93. The van der Waals surface area contributed by atoms with Gasteiger partial charge in [0, 0.05) is 24.4 Å². The molecule has 2 aromatic rings. The molecule has 0 saturated heterocycles. The molecule has 2 N–H and O–H groups in total. The van der Waals surface area contributed by atoms with E-state index in [9.17, 15) is 17.6 Å². The molecule has 1 aliphatic heterocycles. The van der Waals surface area contributed by atoms with Crippen LogP contribution >= 0.6 is 11.3 Å². The van der Waals surface area contributed by atoms with Gasteiger partial charge >= 0.3 is 0 Å². The monoisotopic (exact) mass is 398 g/mol. The van der Waals surface area contributed by atoms with Crippen molar-refractivity contribution in [3.8, 4) is 0 Å². The maximum atomic E-state index is 13.7. The Morgan fingerprint density at radius 1 is 1.38 bits per heavy atom. The van der Waals surface area contributed by atoms with Crippen LogP contribution in [0, 0.1) is 5.82 Å². The van der Waals surface area contributed by atoms with E-state index in [4.69, 9.17) is 0 Å². The molecule has 0 unspecified atom stereocenters. The van der Waals surface area contributed by atoms with Gasteiger partial charge in [-0.25, -0.2) is 17.8 Å². The van der Waals surface area contributed by atoms with Crippen molar-refractivity contribution in [2.75, 3.05) is 18.9 Å². The molecule has 0 bridgehead atoms. The predicted octanol–water partition coefficient (Wildman–Crippen LogP) is 1.58. The van der Waals surface area contributed by atoms with E-state index in [0.29, 0.717) is 5.13 Å². The molecule has 2 heterocycles. The summed E-state index contributed by atoms with van der Waals surface area (Å²) in [5.41, 5.74) is 0.961. The van der Waals surface area contributed by atoms with Crippen LogP contribution in [0.4, 0.5) is 9.52 Å². The molecule has 0 radical (unpaired) electrons. The van der Waals surface area contributed by atoms with Gasteiger partial charge in [0.25, 0.3) is 0 Å². The van der Waals surface area contributed by atoms with Crippen LogP contribution in [0.5, 0.6) is 0 Å². The van der Waals surface area contributed by atoms with Crippen LogP contribution in [0.3, 0.4) is 0 Å². The number of halogens is 1. The molecule has 0 spiro atoms. The number of nitrogens with zero attached hydrogens (tertiary/aromatic N) is 2. The number of likely N-dealkylation sites (N-methyl/N-ethyl adjacent to an activating group) is 1. The number of hydrogen-bond donors (Lipinski definition) is 2. The highest BCUT2D eigenvalue weighted by Gasteiger charge is 2.26. The molecule has 1 aliphatic rings. The Labute approximate surface area is 155 Å². The van der Waals surface area contributed by atoms with Crippen LogP contribution in [0.25, 0.3) is 0 Å². The second kappa shape index (κ2) is 7.39. The van der Waals surface area contributed by atoms with E-state index in [0.717, 1.165) is 42.2 Å². The second-order valence-electron chi connectivity index (χ2n) is 6.14. The first kappa shape index (κ1) is 18.9. The molecule has 3 rings (SSSR count). The van der Waals surface area contributed by atoms with Gasteiger partial charge in [0.15, 0.2) is 5.13 Å². The molecule has 10 heteroatoms. The summed E-state index contributed by atoms with van der Waals surface area (Å²) in [4.78, 5) is 19.5. The second-order valence-corrected chi connectivity index (χ2v) is 8.91. The van der Waals surface area contributed by atoms with Gasteiger partial charge in [0.2, 0.25) is 15.9 Å². The number of sulfonamides is 1. The number of anilines is 1. The molecule has 0 aliphatic carbocycles. The van der Waals surface area contributed by atoms with Gasteiger partial charge in [0.05, 0.1) is 11.7 Å². The van der Waals surface area contributed by atoms with E-state index in [1.807, 2.05) is 7.05 Å². The van der Waals surface area contributed by atoms with Crippen LogP contribution in [0.15, 0.2) is 29.2 Å². The largest absolute Gasteiger partial charge is 0.301 e. The fourth-order valence-corrected chi connectivity index (χ4v) is 4.98. The predicted molar refractivity (Wildman–Crippen MR) is 97.0 cm³/mol. The molecule has 1 aromatic carbocycles. The molecular formula is C16H19FN4O3S2. The maximum Gasteiger partial charge on any atom is 0.244 e. The fraction of sp³-hybridized carbons (Fsp3) is 0.375. The summed E-state index contributed by atoms with van der Waals surface area (Å²) in [5.74, 6) is -1.42. The Hall–Kier alpha value is -1.88. The van der Waals surface area contributed by atoms with Crippen LogP contribution in [-0.4, -0.2) is 43.8 Å². The van der Waals surface area contributed by atoms with Gasteiger partial charge in [0.1, 0.15) is 10.7 Å². The Balaban J connectivity index is 1.68. The first-order valence-electron chi connectivity index (χ1n) is 8.01. The van der Waals surface area contributed by atoms with Crippen molar-refractivity contribution in [3.05, 3.63) is 40.7 Å². The zero-order valence-electron chi connectivity index (χ0n) is 14.3. The first-order valence-corrected chi connectivity index (χ1v) is 10.3. The zero-order valence-corrected chi connectivity index (χ0v) is 16.0. The number of hydrogen-bond acceptors (Lipinski definition) is 6. The zero-order chi connectivity index (χ0) is 18.9. The number of thiazole rings is 1. The maximum absolute atomic E-state index is 13.7. The summed E-state index contributed by atoms with van der Waals surface area (Å²) >= 11 is 1.38. The SMILES string of the molecule is C[C@H](NS(=O)(=O)c1ccccc1F)C(=O)Nc1nc2c(s1)CN(C)CC2. The Morgan fingerprint density at radius 2 is 2.12 bits per heavy atom. The lowest BCUT2D eigenvalue weighted by Gasteiger charge is -2.20. The molecule has 0 fully saturated rings. The highest BCUT2D eigenvalue weighted by Crippen LogP contribution is 2.27. The van der Waals surface area contributed by atoms with Crippen molar-refractivity contribution < 1.29 is 17.6 Å². The van der Waals surface area contributed by atoms with Crippen molar-refractivity contribution in [3.63, 3.8) is 0 Å². The van der Waals surface area contributed by atoms with E-state index in [1.54, 1.807) is 0 Å². The van der Waals surface area contributed by atoms with Gasteiger partial charge in [-0.05, 0) is 26.1 Å². The number of amides is 1. The van der Waals surface area contributed by atoms with E-state index in [1.165, 1.54) is 30.4 Å². The van der Waals surface area contributed by atoms with Crippen LogP contribution in [0.1, 0.15) is 17.5 Å². The number of fused-ring (bicyclic) bond motifs is 1. The molecule has 1 aromatic heterocycles. The van der Waals surface area contributed by atoms with Gasteiger partial charge in [-0.1, -0.05) is 12.1 Å². The average molecular weight is 398 g/mol. The molecule has 1 amide bonds. The molecule has 1 atom stereocenters. The Morgan fingerprint density at radius 3 is 2.85 bits per heavy atom. The molecule has 26 heavy (non-hydrogen) atoms. The van der Waals surface area contributed by atoms with Crippen molar-refractivity contribution >= 4 is 32.4 Å². The summed E-state index contributed by atoms with van der Waals surface area (Å²) in [6.07, 6.45) is 0.813. The van der Waals surface area contributed by atoms with Crippen molar-refractivity contribution in [1.29, 1.82) is 0 Å². The lowest BCUT2D eigenvalue weighted by atomic mass is 10.2. The van der Waals surface area contributed by atoms with E-state index in [2.05, 4.69) is 19.9 Å². The lowest BCUT2D eigenvalue weighted by Crippen LogP contribution is -2.41. The Bertz CT molecular complexity index is 929. The van der Waals surface area contributed by atoms with Crippen molar-refractivity contribution in [2.45, 2.75) is 30.8 Å². The highest BCUT2D eigenvalue weighted by molar-refractivity contribution is 7.89. The van der Waals surface area contributed by atoms with E-state index in [-0.39, 0.29) is 0 Å². The highest BCUT2D eigenvalue weighted by atomic mass is 32.2. The van der Waals surface area contributed by atoms with E-state index >= 15 is 0 Å². The van der Waals surface area contributed by atoms with Gasteiger partial charge in [-0.3, -0.25) is 4.79 Å². The van der Waals surface area contributed by atoms with E-state index < -0.39 is 32.7 Å². The summed E-state index contributed by atoms with van der Waals surface area (Å²) in [7, 11) is -2.13. The lowest BCUT2D eigenvalue weighted by molar-refractivity contribution is -0.117. The van der Waals surface area contributed by atoms with Crippen LogP contribution in [-0.2, 0) is 27.8 Å². The Kier molecular flexibility index (Phi) is 5.37. The number of carbonyl (C=O) groups excluding carboxylic acids is 1. The molecule has 7 nitrogen and oxygen atoms in total. The minimum atomic E-state index is -4.15. The third-order valence-corrected chi connectivity index (χ3v) is 6.58. The van der Waals surface area contributed by atoms with Crippen molar-refractivity contribution in [1.82, 2.24) is 14.6 Å². The number of rotatable bonds is 5. The quantitative estimate of drug-likeness (QED) is 0.798. The minimum absolute atomic E-state index is 0.437. The third kappa shape index (κ3) is 4.09. The standard InChI is InChI=1S/C16H19FN4O3S2/c1-10(20-26(23,24)14-6-4-3-5-11(14)17)15(22)19-16-18-12-7-8-21(2)9-13(12)25-16/h3-6,10,20H,7-9H2,1-2H3,(H,18,19,22)/t10-/m0/s1. The summed E-state index contributed by atoms with van der Waals surface area (Å²) in [5, 5.41) is 3.07. The normalized spacial score (nSPS) is 16.1. The third-order valence-electron chi connectivity index (χ3n) is 4.00. The molecule has 140 valence electrons. The first-order chi connectivity index (χ1) is 12.3. The smallest absolute Gasteiger partial charge is 0.244 e. The fourth-order valence-electron chi connectivity index (χ4n) is 2.60. The number of carbonyl (C=O) groups is 1. The van der Waals surface area contributed by atoms with Crippen molar-refractivity contribution in [2.24, 2.45) is 0 Å². The molecule has 0 saturated carbocycles. The minimum Gasteiger partial charge on any atom is -0.301 e. The number of aromatic nitrogens is 1. The van der Waals surface area contributed by atoms with Crippen LogP contribution in [0.2, 0.25) is 0 Å². The number of benzene rings is 1. The van der Waals surface area contributed by atoms with Gasteiger partial charge < -0.3 is 10.2 Å². The average Bonchev–Trinajstić information content (AvgIpc) is 2.95. The topological polar surface area (TPSA) is 91.4 Å². The van der Waals surface area contributed by atoms with Gasteiger partial charge in [-0.2, -0.15) is 4.72 Å². The number of nitrogens with one attached hydrogen (secondary N) is 2. The summed E-state index contributed by atoms with van der Waals surface area (Å²) < 4.78 is 40.4. The van der Waals surface area contributed by atoms with Crippen LogP contribution < -0.4 is 10.0 Å².